The number of hydrogen-bond acceptors (Lipinski definition) is 3. The summed E-state index contributed by atoms with van der Waals surface area (Å²) in [6.07, 6.45) is 3.31. The van der Waals surface area contributed by atoms with Crippen LogP contribution in [0.3, 0.4) is 0 Å². The lowest BCUT2D eigenvalue weighted by Crippen LogP contribution is -1.99. The van der Waals surface area contributed by atoms with Gasteiger partial charge in [0.15, 0.2) is 0 Å². The second-order valence-electron chi connectivity index (χ2n) is 3.39. The minimum absolute atomic E-state index is 0.359. The molecule has 2 rings (SSSR count). The molecule has 0 atom stereocenters. The fourth-order valence-corrected chi connectivity index (χ4v) is 1.89. The van der Waals surface area contributed by atoms with E-state index in [1.807, 2.05) is 0 Å². The molecule has 0 saturated heterocycles. The van der Waals surface area contributed by atoms with E-state index >= 15 is 0 Å². The zero-order valence-corrected chi connectivity index (χ0v) is 10.4. The lowest BCUT2D eigenvalue weighted by molar-refractivity contribution is 0.475. The van der Waals surface area contributed by atoms with Crippen molar-refractivity contribution in [1.29, 1.82) is 0 Å². The van der Waals surface area contributed by atoms with Crippen LogP contribution in [-0.4, -0.2) is 4.98 Å². The average Bonchev–Trinajstić information content (AvgIpc) is 2.28. The van der Waals surface area contributed by atoms with Gasteiger partial charge in [-0.05, 0) is 24.3 Å². The van der Waals surface area contributed by atoms with Crippen LogP contribution in [0.2, 0.25) is 10.0 Å². The molecule has 0 aliphatic carbocycles. The molecule has 2 aromatic rings. The zero-order valence-electron chi connectivity index (χ0n) is 8.86. The van der Waals surface area contributed by atoms with Crippen molar-refractivity contribution in [3.8, 4) is 11.5 Å². The van der Waals surface area contributed by atoms with Crippen LogP contribution in [0.5, 0.6) is 11.5 Å². The average molecular weight is 269 g/mol. The van der Waals surface area contributed by atoms with Crippen LogP contribution in [0.25, 0.3) is 0 Å². The maximum absolute atomic E-state index is 5.89. The molecule has 1 heterocycles. The minimum Gasteiger partial charge on any atom is -0.457 e. The molecule has 1 aromatic heterocycles. The minimum atomic E-state index is 0.359. The van der Waals surface area contributed by atoms with E-state index in [4.69, 9.17) is 33.7 Å². The monoisotopic (exact) mass is 268 g/mol. The summed E-state index contributed by atoms with van der Waals surface area (Å²) in [5, 5.41) is 1.05. The number of nitrogens with two attached hydrogens (primary N) is 1. The predicted octanol–water partition coefficient (Wildman–Crippen LogP) is 3.64. The van der Waals surface area contributed by atoms with Crippen molar-refractivity contribution in [3.63, 3.8) is 0 Å². The van der Waals surface area contributed by atoms with Crippen LogP contribution in [-0.2, 0) is 6.54 Å². The first-order valence-corrected chi connectivity index (χ1v) is 5.71. The van der Waals surface area contributed by atoms with E-state index in [0.29, 0.717) is 28.1 Å². The van der Waals surface area contributed by atoms with Gasteiger partial charge in [-0.15, -0.1) is 0 Å². The molecule has 0 bridgehead atoms. The van der Waals surface area contributed by atoms with Crippen LogP contribution in [0.4, 0.5) is 0 Å². The number of aromatic nitrogens is 1. The second-order valence-corrected chi connectivity index (χ2v) is 4.27. The molecule has 0 fully saturated rings. The van der Waals surface area contributed by atoms with Gasteiger partial charge in [-0.25, -0.2) is 0 Å². The van der Waals surface area contributed by atoms with Crippen molar-refractivity contribution < 1.29 is 4.74 Å². The third-order valence-corrected chi connectivity index (χ3v) is 2.58. The SMILES string of the molecule is NCc1cnccc1Oc1cc(Cl)cc(Cl)c1. The van der Waals surface area contributed by atoms with E-state index in [-0.39, 0.29) is 0 Å². The Balaban J connectivity index is 2.31. The van der Waals surface area contributed by atoms with Gasteiger partial charge in [-0.1, -0.05) is 23.2 Å². The molecule has 0 aliphatic heterocycles. The van der Waals surface area contributed by atoms with Gasteiger partial charge in [0, 0.05) is 34.5 Å². The van der Waals surface area contributed by atoms with Crippen LogP contribution in [0.15, 0.2) is 36.7 Å². The summed E-state index contributed by atoms with van der Waals surface area (Å²) in [4.78, 5) is 3.98. The molecular formula is C12H10Cl2N2O. The van der Waals surface area contributed by atoms with Crippen molar-refractivity contribution >= 4 is 23.2 Å². The molecule has 17 heavy (non-hydrogen) atoms. The van der Waals surface area contributed by atoms with Gasteiger partial charge in [0.2, 0.25) is 0 Å². The van der Waals surface area contributed by atoms with Gasteiger partial charge in [0.25, 0.3) is 0 Å². The molecule has 0 unspecified atom stereocenters. The van der Waals surface area contributed by atoms with E-state index in [1.165, 1.54) is 0 Å². The highest BCUT2D eigenvalue weighted by molar-refractivity contribution is 6.34. The molecule has 0 radical (unpaired) electrons. The Bertz CT molecular complexity index is 511. The van der Waals surface area contributed by atoms with Gasteiger partial charge in [0.05, 0.1) is 0 Å². The van der Waals surface area contributed by atoms with Crippen molar-refractivity contribution in [2.24, 2.45) is 5.73 Å². The van der Waals surface area contributed by atoms with E-state index < -0.39 is 0 Å². The number of hydrogen-bond donors (Lipinski definition) is 1. The first-order valence-electron chi connectivity index (χ1n) is 4.96. The Hall–Kier alpha value is -1.29. The molecule has 0 spiro atoms. The Morgan fingerprint density at radius 2 is 1.88 bits per heavy atom. The van der Waals surface area contributed by atoms with Gasteiger partial charge in [-0.3, -0.25) is 4.98 Å². The molecular weight excluding hydrogens is 259 g/mol. The highest BCUT2D eigenvalue weighted by Crippen LogP contribution is 2.29. The zero-order chi connectivity index (χ0) is 12.3. The second kappa shape index (κ2) is 5.36. The van der Waals surface area contributed by atoms with E-state index in [9.17, 15) is 0 Å². The highest BCUT2D eigenvalue weighted by Gasteiger charge is 2.05. The van der Waals surface area contributed by atoms with Gasteiger partial charge in [0.1, 0.15) is 11.5 Å². The van der Waals surface area contributed by atoms with E-state index in [0.717, 1.165) is 5.56 Å². The number of rotatable bonds is 3. The molecule has 0 amide bonds. The Kier molecular flexibility index (Phi) is 3.84. The molecule has 3 nitrogen and oxygen atoms in total. The first kappa shape index (κ1) is 12.2. The summed E-state index contributed by atoms with van der Waals surface area (Å²) in [6, 6.07) is 6.77. The lowest BCUT2D eigenvalue weighted by Gasteiger charge is -2.09. The first-order chi connectivity index (χ1) is 8.19. The summed E-state index contributed by atoms with van der Waals surface area (Å²) in [6.45, 7) is 0.359. The smallest absolute Gasteiger partial charge is 0.134 e. The molecule has 5 heteroatoms. The van der Waals surface area contributed by atoms with E-state index in [2.05, 4.69) is 4.98 Å². The van der Waals surface area contributed by atoms with Crippen LogP contribution >= 0.6 is 23.2 Å². The molecule has 1 aromatic carbocycles. The molecule has 88 valence electrons. The molecule has 2 N–H and O–H groups in total. The summed E-state index contributed by atoms with van der Waals surface area (Å²) in [5.41, 5.74) is 6.41. The van der Waals surface area contributed by atoms with Gasteiger partial charge < -0.3 is 10.5 Å². The highest BCUT2D eigenvalue weighted by atomic mass is 35.5. The number of benzene rings is 1. The summed E-state index contributed by atoms with van der Waals surface area (Å²) < 4.78 is 5.67. The van der Waals surface area contributed by atoms with Crippen LogP contribution in [0, 0.1) is 0 Å². The Morgan fingerprint density at radius 1 is 1.18 bits per heavy atom. The Morgan fingerprint density at radius 3 is 2.53 bits per heavy atom. The normalized spacial score (nSPS) is 10.3. The fourth-order valence-electron chi connectivity index (χ4n) is 1.38. The summed E-state index contributed by atoms with van der Waals surface area (Å²) in [5.74, 6) is 1.23. The molecule has 0 saturated carbocycles. The number of nitrogens with zero attached hydrogens (tertiary/aromatic N) is 1. The van der Waals surface area contributed by atoms with Gasteiger partial charge in [-0.2, -0.15) is 0 Å². The lowest BCUT2D eigenvalue weighted by atomic mass is 10.2. The van der Waals surface area contributed by atoms with Crippen LogP contribution < -0.4 is 10.5 Å². The maximum Gasteiger partial charge on any atom is 0.134 e. The van der Waals surface area contributed by atoms with Crippen LogP contribution in [0.1, 0.15) is 5.56 Å². The van der Waals surface area contributed by atoms with Crippen molar-refractivity contribution in [2.75, 3.05) is 0 Å². The summed E-state index contributed by atoms with van der Waals surface area (Å²) in [7, 11) is 0. The van der Waals surface area contributed by atoms with Crippen molar-refractivity contribution in [1.82, 2.24) is 4.98 Å². The predicted molar refractivity (Wildman–Crippen MR) is 68.7 cm³/mol. The number of ether oxygens (including phenoxy) is 1. The Labute approximate surface area is 109 Å². The maximum atomic E-state index is 5.89. The van der Waals surface area contributed by atoms with Crippen molar-refractivity contribution in [2.45, 2.75) is 6.54 Å². The number of pyridine rings is 1. The van der Waals surface area contributed by atoms with E-state index in [1.54, 1.807) is 36.7 Å². The fraction of sp³-hybridized carbons (Fsp3) is 0.0833. The third-order valence-electron chi connectivity index (χ3n) is 2.14. The standard InChI is InChI=1S/C12H10Cl2N2O/c13-9-3-10(14)5-11(4-9)17-12-1-2-16-7-8(12)6-15/h1-5,7H,6,15H2. The number of halogens is 2. The van der Waals surface area contributed by atoms with Crippen molar-refractivity contribution in [3.05, 3.63) is 52.3 Å². The summed E-state index contributed by atoms with van der Waals surface area (Å²) >= 11 is 11.8. The third kappa shape index (κ3) is 3.09. The molecule has 0 aliphatic rings. The quantitative estimate of drug-likeness (QED) is 0.925. The van der Waals surface area contributed by atoms with Gasteiger partial charge >= 0.3 is 0 Å². The topological polar surface area (TPSA) is 48.1 Å². The largest absolute Gasteiger partial charge is 0.457 e.